The monoisotopic (exact) mass is 515 g/mol. The fourth-order valence-electron chi connectivity index (χ4n) is 5.13. The van der Waals surface area contributed by atoms with Crippen molar-refractivity contribution < 1.29 is 24.2 Å². The average molecular weight is 516 g/mol. The Morgan fingerprint density at radius 1 is 1.16 bits per heavy atom. The maximum atomic E-state index is 13.4. The van der Waals surface area contributed by atoms with E-state index in [1.165, 1.54) is 0 Å². The second kappa shape index (κ2) is 11.1. The molecule has 2 aromatic carbocycles. The lowest BCUT2D eigenvalue weighted by atomic mass is 9.94. The molecule has 198 valence electrons. The summed E-state index contributed by atoms with van der Waals surface area (Å²) in [5.74, 6) is -0.0219. The summed E-state index contributed by atoms with van der Waals surface area (Å²) in [5.41, 5.74) is 2.29. The number of amides is 1. The summed E-state index contributed by atoms with van der Waals surface area (Å²) in [4.78, 5) is 32.4. The maximum Gasteiger partial charge on any atom is 0.295 e. The van der Waals surface area contributed by atoms with E-state index in [2.05, 4.69) is 11.9 Å². The molecule has 8 heteroatoms. The van der Waals surface area contributed by atoms with E-state index in [0.29, 0.717) is 37.4 Å². The number of ketones is 1. The van der Waals surface area contributed by atoms with Crippen molar-refractivity contribution in [2.45, 2.75) is 58.2 Å². The Labute approximate surface area is 222 Å². The van der Waals surface area contributed by atoms with E-state index in [4.69, 9.17) is 9.47 Å². The van der Waals surface area contributed by atoms with Crippen molar-refractivity contribution in [3.8, 4) is 11.5 Å². The number of aryl methyl sites for hydroxylation is 1. The molecule has 2 aliphatic rings. The fraction of sp³-hybridized carbons (Fsp3) is 0.367. The molecule has 0 radical (unpaired) electrons. The van der Waals surface area contributed by atoms with Gasteiger partial charge in [0, 0.05) is 37.5 Å². The molecule has 38 heavy (non-hydrogen) atoms. The number of aliphatic hydroxyl groups is 1. The van der Waals surface area contributed by atoms with Crippen molar-refractivity contribution in [1.29, 1.82) is 0 Å². The van der Waals surface area contributed by atoms with Gasteiger partial charge in [-0.2, -0.15) is 0 Å². The number of carbonyl (C=O) groups excluding carboxylic acids is 2. The number of imidazole rings is 1. The number of likely N-dealkylation sites (tertiary alicyclic amines) is 1. The Balaban J connectivity index is 1.51. The predicted molar refractivity (Wildman–Crippen MR) is 143 cm³/mol. The van der Waals surface area contributed by atoms with Crippen LogP contribution in [0.3, 0.4) is 0 Å². The Morgan fingerprint density at radius 2 is 2.03 bits per heavy atom. The van der Waals surface area contributed by atoms with Gasteiger partial charge < -0.3 is 24.0 Å². The molecule has 0 bridgehead atoms. The molecule has 1 fully saturated rings. The van der Waals surface area contributed by atoms with Crippen LogP contribution in [0, 0.1) is 0 Å². The van der Waals surface area contributed by atoms with Crippen LogP contribution in [-0.4, -0.2) is 50.5 Å². The third-order valence-corrected chi connectivity index (χ3v) is 7.02. The van der Waals surface area contributed by atoms with Crippen LogP contribution in [0.4, 0.5) is 0 Å². The number of fused-ring (bicyclic) bond motifs is 1. The van der Waals surface area contributed by atoms with Crippen molar-refractivity contribution in [3.63, 3.8) is 0 Å². The number of aliphatic hydroxyl groups excluding tert-OH is 1. The topological polar surface area (TPSA) is 93.9 Å². The largest absolute Gasteiger partial charge is 0.507 e. The van der Waals surface area contributed by atoms with Gasteiger partial charge in [-0.15, -0.1) is 0 Å². The highest BCUT2D eigenvalue weighted by molar-refractivity contribution is 6.46. The molecule has 2 atom stereocenters. The Hall–Kier alpha value is -4.07. The standard InChI is InChI=1S/C30H33N3O5/c1-3-4-15-37-24-8-5-7-21(18-24)27-26(28(34)22-9-10-25-23(17-22)16-20(2)38-25)29(35)30(36)33(27)13-6-12-32-14-11-31-19-32/h5,7-11,14,17-20,27,34H,3-4,6,12-13,15-16H2,1-2H3/t20-,27-/m0/s1. The minimum absolute atomic E-state index is 0.0546. The van der Waals surface area contributed by atoms with Gasteiger partial charge in [-0.1, -0.05) is 25.5 Å². The zero-order valence-electron chi connectivity index (χ0n) is 21.8. The van der Waals surface area contributed by atoms with E-state index in [-0.39, 0.29) is 17.4 Å². The number of rotatable bonds is 10. The van der Waals surface area contributed by atoms with E-state index < -0.39 is 17.7 Å². The van der Waals surface area contributed by atoms with Gasteiger partial charge in [0.15, 0.2) is 0 Å². The second-order valence-corrected chi connectivity index (χ2v) is 9.88. The van der Waals surface area contributed by atoms with Crippen LogP contribution in [0.2, 0.25) is 0 Å². The van der Waals surface area contributed by atoms with Gasteiger partial charge in [-0.25, -0.2) is 4.98 Å². The lowest BCUT2D eigenvalue weighted by Crippen LogP contribution is -2.31. The van der Waals surface area contributed by atoms with Crippen LogP contribution >= 0.6 is 0 Å². The number of Topliss-reactive ketones (excluding diaryl/α,β-unsaturated/α-hetero) is 1. The number of benzene rings is 2. The van der Waals surface area contributed by atoms with Crippen molar-refractivity contribution in [2.24, 2.45) is 0 Å². The van der Waals surface area contributed by atoms with Crippen molar-refractivity contribution >= 4 is 17.4 Å². The third kappa shape index (κ3) is 5.16. The molecular formula is C30H33N3O5. The lowest BCUT2D eigenvalue weighted by molar-refractivity contribution is -0.139. The summed E-state index contributed by atoms with van der Waals surface area (Å²) >= 11 is 0. The summed E-state index contributed by atoms with van der Waals surface area (Å²) in [6.07, 6.45) is 8.64. The molecule has 1 N–H and O–H groups in total. The van der Waals surface area contributed by atoms with Gasteiger partial charge in [-0.05, 0) is 61.2 Å². The van der Waals surface area contributed by atoms with Crippen LogP contribution in [0.25, 0.3) is 5.76 Å². The highest BCUT2D eigenvalue weighted by Gasteiger charge is 2.46. The summed E-state index contributed by atoms with van der Waals surface area (Å²) in [5, 5.41) is 11.5. The molecule has 1 amide bonds. The Morgan fingerprint density at radius 3 is 2.82 bits per heavy atom. The summed E-state index contributed by atoms with van der Waals surface area (Å²) in [6, 6.07) is 12.1. The van der Waals surface area contributed by atoms with E-state index in [1.54, 1.807) is 23.5 Å². The molecule has 5 rings (SSSR count). The Bertz CT molecular complexity index is 1350. The van der Waals surface area contributed by atoms with Gasteiger partial charge >= 0.3 is 0 Å². The zero-order valence-corrected chi connectivity index (χ0v) is 21.8. The van der Waals surface area contributed by atoms with Crippen LogP contribution in [0.5, 0.6) is 11.5 Å². The first kappa shape index (κ1) is 25.6. The second-order valence-electron chi connectivity index (χ2n) is 9.88. The number of carbonyl (C=O) groups is 2. The predicted octanol–water partition coefficient (Wildman–Crippen LogP) is 4.90. The molecule has 0 aliphatic carbocycles. The highest BCUT2D eigenvalue weighted by atomic mass is 16.5. The maximum absolute atomic E-state index is 13.4. The number of unbranched alkanes of at least 4 members (excludes halogenated alkanes) is 1. The smallest absolute Gasteiger partial charge is 0.295 e. The minimum Gasteiger partial charge on any atom is -0.507 e. The molecule has 1 aromatic heterocycles. The van der Waals surface area contributed by atoms with Crippen molar-refractivity contribution in [1.82, 2.24) is 14.5 Å². The summed E-state index contributed by atoms with van der Waals surface area (Å²) in [7, 11) is 0. The van der Waals surface area contributed by atoms with Crippen LogP contribution in [0.15, 0.2) is 66.8 Å². The van der Waals surface area contributed by atoms with Gasteiger partial charge in [0.1, 0.15) is 23.4 Å². The first-order valence-corrected chi connectivity index (χ1v) is 13.2. The molecule has 3 aromatic rings. The summed E-state index contributed by atoms with van der Waals surface area (Å²) < 4.78 is 13.6. The first-order valence-electron chi connectivity index (χ1n) is 13.2. The fourth-order valence-corrected chi connectivity index (χ4v) is 5.13. The van der Waals surface area contributed by atoms with Crippen LogP contribution in [0.1, 0.15) is 55.8 Å². The number of aromatic nitrogens is 2. The van der Waals surface area contributed by atoms with Gasteiger partial charge in [0.2, 0.25) is 0 Å². The highest BCUT2D eigenvalue weighted by Crippen LogP contribution is 2.41. The van der Waals surface area contributed by atoms with Crippen LogP contribution < -0.4 is 9.47 Å². The molecule has 2 aliphatic heterocycles. The normalized spacial score (nSPS) is 20.0. The molecule has 1 saturated heterocycles. The van der Waals surface area contributed by atoms with Crippen molar-refractivity contribution in [3.05, 3.63) is 83.4 Å². The summed E-state index contributed by atoms with van der Waals surface area (Å²) in [6.45, 7) is 5.67. The SMILES string of the molecule is CCCCOc1cccc([C@H]2C(=C(O)c3ccc4c(c3)C[C@H](C)O4)C(=O)C(=O)N2CCCn2ccnc2)c1. The molecular weight excluding hydrogens is 482 g/mol. The van der Waals surface area contributed by atoms with Gasteiger partial charge in [0.25, 0.3) is 11.7 Å². The number of ether oxygens (including phenoxy) is 2. The molecule has 0 spiro atoms. The van der Waals surface area contributed by atoms with Crippen molar-refractivity contribution in [2.75, 3.05) is 13.2 Å². The number of hydrogen-bond acceptors (Lipinski definition) is 6. The van der Waals surface area contributed by atoms with E-state index in [9.17, 15) is 14.7 Å². The number of nitrogens with zero attached hydrogens (tertiary/aromatic N) is 3. The average Bonchev–Trinajstić information content (AvgIpc) is 3.62. The van der Waals surface area contributed by atoms with Crippen LogP contribution in [-0.2, 0) is 22.6 Å². The molecule has 8 nitrogen and oxygen atoms in total. The molecule has 0 unspecified atom stereocenters. The van der Waals surface area contributed by atoms with Gasteiger partial charge in [0.05, 0.1) is 24.5 Å². The number of hydrogen-bond donors (Lipinski definition) is 1. The quantitative estimate of drug-likeness (QED) is 0.179. The lowest BCUT2D eigenvalue weighted by Gasteiger charge is -2.26. The first-order chi connectivity index (χ1) is 18.5. The third-order valence-electron chi connectivity index (χ3n) is 7.02. The van der Waals surface area contributed by atoms with E-state index >= 15 is 0 Å². The molecule has 0 saturated carbocycles. The zero-order chi connectivity index (χ0) is 26.6. The van der Waals surface area contributed by atoms with Gasteiger partial charge in [-0.3, -0.25) is 9.59 Å². The van der Waals surface area contributed by atoms with E-state index in [0.717, 1.165) is 36.1 Å². The minimum atomic E-state index is -0.726. The van der Waals surface area contributed by atoms with E-state index in [1.807, 2.05) is 54.1 Å². The Kier molecular flexibility index (Phi) is 7.49. The molecule has 3 heterocycles.